The minimum absolute atomic E-state index is 0.0754. The van der Waals surface area contributed by atoms with Gasteiger partial charge in [0.15, 0.2) is 0 Å². The first-order valence-corrected chi connectivity index (χ1v) is 10.8. The molecule has 0 saturated heterocycles. The smallest absolute Gasteiger partial charge is 0.315 e. The van der Waals surface area contributed by atoms with Crippen LogP contribution in [0.5, 0.6) is 0 Å². The van der Waals surface area contributed by atoms with Gasteiger partial charge in [-0.3, -0.25) is 0 Å². The van der Waals surface area contributed by atoms with Crippen LogP contribution in [-0.2, 0) is 19.4 Å². The van der Waals surface area contributed by atoms with Crippen molar-refractivity contribution in [3.63, 3.8) is 0 Å². The minimum atomic E-state index is -0.0754. The standard InChI is InChI=1S/C23H27N3OS/c1-2-19(13-21-12-17-8-5-6-10-22(17)28-21)26-23(27)25-15-20-11-16-7-3-4-9-18(16)14-24-20/h3-10,12,19-20,24H,2,11,13-15H2,1H3,(H2,25,26,27)/t19-,20-/m0/s1. The molecule has 2 amide bonds. The zero-order valence-electron chi connectivity index (χ0n) is 16.2. The normalized spacial score (nSPS) is 17.1. The first-order valence-electron chi connectivity index (χ1n) is 10.0. The monoisotopic (exact) mass is 393 g/mol. The molecule has 1 aliphatic heterocycles. The summed E-state index contributed by atoms with van der Waals surface area (Å²) in [6.07, 6.45) is 2.74. The first-order chi connectivity index (χ1) is 13.7. The van der Waals surface area contributed by atoms with Gasteiger partial charge >= 0.3 is 6.03 Å². The van der Waals surface area contributed by atoms with Gasteiger partial charge in [0.2, 0.25) is 0 Å². The van der Waals surface area contributed by atoms with E-state index in [-0.39, 0.29) is 18.1 Å². The molecule has 0 saturated carbocycles. The summed E-state index contributed by atoms with van der Waals surface area (Å²) >= 11 is 1.82. The summed E-state index contributed by atoms with van der Waals surface area (Å²) in [4.78, 5) is 13.7. The lowest BCUT2D eigenvalue weighted by Gasteiger charge is -2.26. The highest BCUT2D eigenvalue weighted by Gasteiger charge is 2.19. The second kappa shape index (κ2) is 8.76. The van der Waals surface area contributed by atoms with Crippen molar-refractivity contribution in [2.45, 2.75) is 44.8 Å². The average Bonchev–Trinajstić information content (AvgIpc) is 3.14. The van der Waals surface area contributed by atoms with Gasteiger partial charge in [0.25, 0.3) is 0 Å². The predicted molar refractivity (Wildman–Crippen MR) is 117 cm³/mol. The number of hydrogen-bond acceptors (Lipinski definition) is 3. The van der Waals surface area contributed by atoms with E-state index in [1.165, 1.54) is 26.1 Å². The van der Waals surface area contributed by atoms with Crippen molar-refractivity contribution < 1.29 is 4.79 Å². The molecule has 0 unspecified atom stereocenters. The number of fused-ring (bicyclic) bond motifs is 2. The zero-order valence-corrected chi connectivity index (χ0v) is 17.0. The maximum atomic E-state index is 12.4. The number of hydrogen-bond donors (Lipinski definition) is 3. The number of amides is 2. The molecule has 0 aliphatic carbocycles. The fourth-order valence-corrected chi connectivity index (χ4v) is 4.94. The topological polar surface area (TPSA) is 53.2 Å². The third kappa shape index (κ3) is 4.54. The molecule has 3 aromatic rings. The quantitative estimate of drug-likeness (QED) is 0.587. The number of thiophene rings is 1. The summed E-state index contributed by atoms with van der Waals surface area (Å²) in [5.74, 6) is 0. The summed E-state index contributed by atoms with van der Waals surface area (Å²) in [7, 11) is 0. The number of nitrogens with one attached hydrogen (secondary N) is 3. The minimum Gasteiger partial charge on any atom is -0.337 e. The van der Waals surface area contributed by atoms with Crippen LogP contribution in [0.25, 0.3) is 10.1 Å². The molecule has 0 fully saturated rings. The number of rotatable bonds is 6. The van der Waals surface area contributed by atoms with Gasteiger partial charge in [0.1, 0.15) is 0 Å². The van der Waals surface area contributed by atoms with E-state index in [0.29, 0.717) is 6.54 Å². The highest BCUT2D eigenvalue weighted by Crippen LogP contribution is 2.26. The van der Waals surface area contributed by atoms with E-state index < -0.39 is 0 Å². The van der Waals surface area contributed by atoms with Crippen LogP contribution < -0.4 is 16.0 Å². The summed E-state index contributed by atoms with van der Waals surface area (Å²) in [5, 5.41) is 11.0. The second-order valence-corrected chi connectivity index (χ2v) is 8.63. The molecule has 5 heteroatoms. The largest absolute Gasteiger partial charge is 0.337 e. The van der Waals surface area contributed by atoms with Crippen molar-refractivity contribution in [2.75, 3.05) is 6.54 Å². The summed E-state index contributed by atoms with van der Waals surface area (Å²) in [6.45, 7) is 3.63. The molecule has 0 spiro atoms. The van der Waals surface area contributed by atoms with E-state index in [9.17, 15) is 4.79 Å². The zero-order chi connectivity index (χ0) is 19.3. The van der Waals surface area contributed by atoms with E-state index >= 15 is 0 Å². The SMILES string of the molecule is CC[C@@H](Cc1cc2ccccc2s1)NC(=O)NC[C@@H]1Cc2ccccc2CN1. The maximum Gasteiger partial charge on any atom is 0.315 e. The summed E-state index contributed by atoms with van der Waals surface area (Å²) in [6, 6.07) is 19.5. The molecular weight excluding hydrogens is 366 g/mol. The van der Waals surface area contributed by atoms with Gasteiger partial charge in [-0.15, -0.1) is 11.3 Å². The van der Waals surface area contributed by atoms with Crippen LogP contribution in [-0.4, -0.2) is 24.7 Å². The van der Waals surface area contributed by atoms with Crippen LogP contribution in [0.1, 0.15) is 29.3 Å². The molecule has 4 nitrogen and oxygen atoms in total. The van der Waals surface area contributed by atoms with Crippen LogP contribution in [0.4, 0.5) is 4.79 Å². The van der Waals surface area contributed by atoms with Crippen molar-refractivity contribution in [1.29, 1.82) is 0 Å². The Hall–Kier alpha value is -2.37. The van der Waals surface area contributed by atoms with E-state index in [1.54, 1.807) is 0 Å². The predicted octanol–water partition coefficient (Wildman–Crippen LogP) is 4.24. The van der Waals surface area contributed by atoms with Crippen LogP contribution in [0.2, 0.25) is 0 Å². The third-order valence-corrected chi connectivity index (χ3v) is 6.57. The van der Waals surface area contributed by atoms with E-state index in [2.05, 4.69) is 77.5 Å². The Morgan fingerprint density at radius 1 is 1.18 bits per heavy atom. The lowest BCUT2D eigenvalue weighted by Crippen LogP contribution is -2.49. The molecule has 4 rings (SSSR count). The fraction of sp³-hybridized carbons (Fsp3) is 0.348. The molecule has 1 aliphatic rings. The van der Waals surface area contributed by atoms with E-state index in [1.807, 2.05) is 11.3 Å². The van der Waals surface area contributed by atoms with Crippen molar-refractivity contribution in [3.05, 3.63) is 70.6 Å². The Kier molecular flexibility index (Phi) is 5.93. The van der Waals surface area contributed by atoms with Crippen LogP contribution >= 0.6 is 11.3 Å². The molecule has 28 heavy (non-hydrogen) atoms. The number of benzene rings is 2. The van der Waals surface area contributed by atoms with Crippen molar-refractivity contribution in [2.24, 2.45) is 0 Å². The third-order valence-electron chi connectivity index (χ3n) is 5.43. The van der Waals surface area contributed by atoms with Crippen molar-refractivity contribution in [3.8, 4) is 0 Å². The molecule has 2 heterocycles. The molecule has 0 bridgehead atoms. The van der Waals surface area contributed by atoms with Crippen LogP contribution in [0, 0.1) is 0 Å². The molecular formula is C23H27N3OS. The van der Waals surface area contributed by atoms with Gasteiger partial charge in [0.05, 0.1) is 0 Å². The second-order valence-electron chi connectivity index (χ2n) is 7.46. The Bertz CT molecular complexity index is 919. The van der Waals surface area contributed by atoms with E-state index in [0.717, 1.165) is 25.8 Å². The van der Waals surface area contributed by atoms with Gasteiger partial charge < -0.3 is 16.0 Å². The highest BCUT2D eigenvalue weighted by molar-refractivity contribution is 7.19. The van der Waals surface area contributed by atoms with Gasteiger partial charge in [-0.2, -0.15) is 0 Å². The van der Waals surface area contributed by atoms with Gasteiger partial charge in [-0.1, -0.05) is 49.4 Å². The first kappa shape index (κ1) is 19.0. The fourth-order valence-electron chi connectivity index (χ4n) is 3.80. The molecule has 2 atom stereocenters. The Morgan fingerprint density at radius 3 is 2.79 bits per heavy atom. The molecule has 146 valence electrons. The lowest BCUT2D eigenvalue weighted by molar-refractivity contribution is 0.234. The van der Waals surface area contributed by atoms with Crippen LogP contribution in [0.15, 0.2) is 54.6 Å². The van der Waals surface area contributed by atoms with Crippen molar-refractivity contribution in [1.82, 2.24) is 16.0 Å². The molecule has 2 aromatic carbocycles. The van der Waals surface area contributed by atoms with Gasteiger partial charge in [0, 0.05) is 41.2 Å². The lowest BCUT2D eigenvalue weighted by atomic mass is 9.96. The average molecular weight is 394 g/mol. The van der Waals surface area contributed by atoms with Crippen molar-refractivity contribution >= 4 is 27.5 Å². The number of carbonyl (C=O) groups is 1. The molecule has 0 radical (unpaired) electrons. The number of urea groups is 1. The Balaban J connectivity index is 1.27. The van der Waals surface area contributed by atoms with Crippen LogP contribution in [0.3, 0.4) is 0 Å². The Labute approximate surface area is 170 Å². The van der Waals surface area contributed by atoms with Gasteiger partial charge in [-0.05, 0) is 41.5 Å². The molecule has 3 N–H and O–H groups in total. The van der Waals surface area contributed by atoms with Gasteiger partial charge in [-0.25, -0.2) is 4.79 Å². The van der Waals surface area contributed by atoms with E-state index in [4.69, 9.17) is 0 Å². The highest BCUT2D eigenvalue weighted by atomic mass is 32.1. The number of carbonyl (C=O) groups excluding carboxylic acids is 1. The Morgan fingerprint density at radius 2 is 1.96 bits per heavy atom. The summed E-state index contributed by atoms with van der Waals surface area (Å²) in [5.41, 5.74) is 2.74. The maximum absolute atomic E-state index is 12.4. The summed E-state index contributed by atoms with van der Waals surface area (Å²) < 4.78 is 1.31. The molecule has 1 aromatic heterocycles.